The van der Waals surface area contributed by atoms with Crippen molar-refractivity contribution in [3.05, 3.63) is 0 Å². The molecule has 2 atom stereocenters. The van der Waals surface area contributed by atoms with E-state index in [1.54, 1.807) is 0 Å². The third-order valence-electron chi connectivity index (χ3n) is 3.34. The van der Waals surface area contributed by atoms with Crippen molar-refractivity contribution in [1.29, 1.82) is 0 Å². The summed E-state index contributed by atoms with van der Waals surface area (Å²) in [7, 11) is 0. The van der Waals surface area contributed by atoms with Crippen molar-refractivity contribution >= 4 is 5.97 Å². The second-order valence-corrected chi connectivity index (χ2v) is 4.87. The fourth-order valence-electron chi connectivity index (χ4n) is 2.30. The number of rotatable bonds is 6. The summed E-state index contributed by atoms with van der Waals surface area (Å²) in [6.45, 7) is 2.57. The van der Waals surface area contributed by atoms with Crippen LogP contribution < -0.4 is 5.32 Å². The van der Waals surface area contributed by atoms with Crippen molar-refractivity contribution in [3.8, 4) is 0 Å². The number of carboxylic acids is 1. The quantitative estimate of drug-likeness (QED) is 0.579. The summed E-state index contributed by atoms with van der Waals surface area (Å²) in [6, 6.07) is 1.22. The number of aliphatic hydroxyl groups excluding tert-OH is 1. The second kappa shape index (κ2) is 5.12. The molecular weight excluding hydrogens is 208 g/mol. The molecule has 2 fully saturated rings. The SMILES string of the molecule is O=C(O)CC(O)CNC1CCN(C2CC2)C1. The molecular formula is C11H20N2O3. The number of hydrogen-bond donors (Lipinski definition) is 3. The molecule has 2 unspecified atom stereocenters. The number of likely N-dealkylation sites (tertiary alicyclic amines) is 1. The summed E-state index contributed by atoms with van der Waals surface area (Å²) in [6.07, 6.45) is 2.82. The lowest BCUT2D eigenvalue weighted by atomic mass is 10.2. The van der Waals surface area contributed by atoms with Crippen LogP contribution in [-0.2, 0) is 4.79 Å². The zero-order valence-electron chi connectivity index (χ0n) is 9.43. The average Bonchev–Trinajstić information content (AvgIpc) is 2.94. The van der Waals surface area contributed by atoms with E-state index in [1.165, 1.54) is 12.8 Å². The Morgan fingerprint density at radius 1 is 1.44 bits per heavy atom. The first-order chi connectivity index (χ1) is 7.65. The lowest BCUT2D eigenvalue weighted by Gasteiger charge is -2.17. The van der Waals surface area contributed by atoms with Crippen LogP contribution in [0.3, 0.4) is 0 Å². The van der Waals surface area contributed by atoms with Gasteiger partial charge in [0.05, 0.1) is 12.5 Å². The number of aliphatic carboxylic acids is 1. The maximum atomic E-state index is 10.4. The van der Waals surface area contributed by atoms with Crippen LogP contribution in [0.15, 0.2) is 0 Å². The van der Waals surface area contributed by atoms with Gasteiger partial charge in [-0.3, -0.25) is 9.69 Å². The van der Waals surface area contributed by atoms with Crippen LogP contribution in [0.4, 0.5) is 0 Å². The van der Waals surface area contributed by atoms with Crippen molar-refractivity contribution in [1.82, 2.24) is 10.2 Å². The zero-order valence-corrected chi connectivity index (χ0v) is 9.43. The lowest BCUT2D eigenvalue weighted by molar-refractivity contribution is -0.139. The first kappa shape index (κ1) is 11.8. The minimum absolute atomic E-state index is 0.175. The molecule has 5 nitrogen and oxygen atoms in total. The van der Waals surface area contributed by atoms with Crippen LogP contribution in [0.2, 0.25) is 0 Å². The third kappa shape index (κ3) is 3.43. The topological polar surface area (TPSA) is 72.8 Å². The van der Waals surface area contributed by atoms with E-state index in [9.17, 15) is 9.90 Å². The van der Waals surface area contributed by atoms with E-state index in [2.05, 4.69) is 10.2 Å². The lowest BCUT2D eigenvalue weighted by Crippen LogP contribution is -2.38. The van der Waals surface area contributed by atoms with Gasteiger partial charge in [0.25, 0.3) is 0 Å². The van der Waals surface area contributed by atoms with Crippen molar-refractivity contribution in [2.45, 2.75) is 43.9 Å². The summed E-state index contributed by atoms with van der Waals surface area (Å²) in [5, 5.41) is 21.2. The van der Waals surface area contributed by atoms with Gasteiger partial charge in [0.1, 0.15) is 0 Å². The van der Waals surface area contributed by atoms with Crippen LogP contribution >= 0.6 is 0 Å². The van der Waals surface area contributed by atoms with E-state index < -0.39 is 12.1 Å². The first-order valence-corrected chi connectivity index (χ1v) is 6.02. The van der Waals surface area contributed by atoms with E-state index in [0.717, 1.165) is 25.6 Å². The van der Waals surface area contributed by atoms with Gasteiger partial charge in [-0.1, -0.05) is 0 Å². The molecule has 0 spiro atoms. The number of hydrogen-bond acceptors (Lipinski definition) is 4. The molecule has 0 aromatic rings. The zero-order chi connectivity index (χ0) is 11.5. The predicted octanol–water partition coefficient (Wildman–Crippen LogP) is -0.352. The number of aliphatic hydroxyl groups is 1. The molecule has 0 aromatic carbocycles. The van der Waals surface area contributed by atoms with Gasteiger partial charge in [-0.2, -0.15) is 0 Å². The molecule has 3 N–H and O–H groups in total. The molecule has 92 valence electrons. The Labute approximate surface area is 95.4 Å². The van der Waals surface area contributed by atoms with E-state index in [0.29, 0.717) is 12.6 Å². The maximum Gasteiger partial charge on any atom is 0.306 e. The van der Waals surface area contributed by atoms with E-state index in [-0.39, 0.29) is 6.42 Å². The van der Waals surface area contributed by atoms with E-state index in [4.69, 9.17) is 5.11 Å². The van der Waals surface area contributed by atoms with Crippen LogP contribution in [0.1, 0.15) is 25.7 Å². The van der Waals surface area contributed by atoms with E-state index >= 15 is 0 Å². The number of carbonyl (C=O) groups is 1. The van der Waals surface area contributed by atoms with Crippen LogP contribution in [0.5, 0.6) is 0 Å². The molecule has 1 aliphatic heterocycles. The Morgan fingerprint density at radius 3 is 2.81 bits per heavy atom. The molecule has 5 heteroatoms. The highest BCUT2D eigenvalue weighted by molar-refractivity contribution is 5.67. The molecule has 1 aliphatic carbocycles. The molecule has 1 saturated heterocycles. The smallest absolute Gasteiger partial charge is 0.306 e. The largest absolute Gasteiger partial charge is 0.481 e. The molecule has 0 radical (unpaired) electrons. The van der Waals surface area contributed by atoms with Gasteiger partial charge in [0.2, 0.25) is 0 Å². The third-order valence-corrected chi connectivity index (χ3v) is 3.34. The fourth-order valence-corrected chi connectivity index (χ4v) is 2.30. The highest BCUT2D eigenvalue weighted by Gasteiger charge is 2.34. The first-order valence-electron chi connectivity index (χ1n) is 6.02. The average molecular weight is 228 g/mol. The monoisotopic (exact) mass is 228 g/mol. The van der Waals surface area contributed by atoms with Gasteiger partial charge in [-0.25, -0.2) is 0 Å². The summed E-state index contributed by atoms with van der Waals surface area (Å²) < 4.78 is 0. The Kier molecular flexibility index (Phi) is 3.78. The Bertz CT molecular complexity index is 256. The molecule has 0 aromatic heterocycles. The summed E-state index contributed by atoms with van der Waals surface area (Å²) >= 11 is 0. The molecule has 0 amide bonds. The van der Waals surface area contributed by atoms with Crippen molar-refractivity contribution in [3.63, 3.8) is 0 Å². The van der Waals surface area contributed by atoms with Crippen molar-refractivity contribution in [2.24, 2.45) is 0 Å². The number of nitrogens with one attached hydrogen (secondary N) is 1. The summed E-state index contributed by atoms with van der Waals surface area (Å²) in [5.41, 5.74) is 0. The van der Waals surface area contributed by atoms with Gasteiger partial charge in [0, 0.05) is 31.7 Å². The minimum atomic E-state index is -0.944. The molecule has 2 aliphatic rings. The van der Waals surface area contributed by atoms with Crippen LogP contribution in [-0.4, -0.2) is 58.9 Å². The second-order valence-electron chi connectivity index (χ2n) is 4.87. The van der Waals surface area contributed by atoms with Gasteiger partial charge < -0.3 is 15.5 Å². The van der Waals surface area contributed by atoms with Crippen LogP contribution in [0, 0.1) is 0 Å². The Balaban J connectivity index is 1.61. The number of nitrogens with zero attached hydrogens (tertiary/aromatic N) is 1. The van der Waals surface area contributed by atoms with Crippen molar-refractivity contribution < 1.29 is 15.0 Å². The summed E-state index contributed by atoms with van der Waals surface area (Å²) in [4.78, 5) is 12.8. The predicted molar refractivity (Wildman–Crippen MR) is 59.3 cm³/mol. The Morgan fingerprint density at radius 2 is 2.19 bits per heavy atom. The molecule has 0 bridgehead atoms. The van der Waals surface area contributed by atoms with E-state index in [1.807, 2.05) is 0 Å². The minimum Gasteiger partial charge on any atom is -0.481 e. The molecule has 2 rings (SSSR count). The van der Waals surface area contributed by atoms with Gasteiger partial charge in [0.15, 0.2) is 0 Å². The molecule has 16 heavy (non-hydrogen) atoms. The highest BCUT2D eigenvalue weighted by atomic mass is 16.4. The Hall–Kier alpha value is -0.650. The normalized spacial score (nSPS) is 28.2. The van der Waals surface area contributed by atoms with Gasteiger partial charge in [-0.15, -0.1) is 0 Å². The van der Waals surface area contributed by atoms with Crippen molar-refractivity contribution in [2.75, 3.05) is 19.6 Å². The molecule has 1 heterocycles. The van der Waals surface area contributed by atoms with Gasteiger partial charge >= 0.3 is 5.97 Å². The standard InChI is InChI=1S/C11H20N2O3/c14-10(5-11(15)16)6-12-8-3-4-13(7-8)9-1-2-9/h8-10,12,14H,1-7H2,(H,15,16). The number of carboxylic acid groups (broad SMARTS) is 1. The maximum absolute atomic E-state index is 10.4. The fraction of sp³-hybridized carbons (Fsp3) is 0.909. The summed E-state index contributed by atoms with van der Waals surface area (Å²) in [5.74, 6) is -0.944. The van der Waals surface area contributed by atoms with Gasteiger partial charge in [-0.05, 0) is 19.3 Å². The van der Waals surface area contributed by atoms with Crippen LogP contribution in [0.25, 0.3) is 0 Å². The molecule has 1 saturated carbocycles. The highest BCUT2D eigenvalue weighted by Crippen LogP contribution is 2.29.